The van der Waals surface area contributed by atoms with Crippen LogP contribution in [0, 0.1) is 5.82 Å². The minimum Gasteiger partial charge on any atom is -0.506 e. The van der Waals surface area contributed by atoms with Gasteiger partial charge in [0.1, 0.15) is 11.6 Å². The Kier molecular flexibility index (Phi) is 4.87. The van der Waals surface area contributed by atoms with Gasteiger partial charge in [-0.15, -0.1) is 0 Å². The van der Waals surface area contributed by atoms with Crippen LogP contribution in [-0.2, 0) is 17.5 Å². The molecule has 2 heterocycles. The number of anilines is 1. The number of benzene rings is 2. The second kappa shape index (κ2) is 7.29. The van der Waals surface area contributed by atoms with Crippen molar-refractivity contribution in [1.82, 2.24) is 4.57 Å². The molecule has 2 N–H and O–H groups in total. The van der Waals surface area contributed by atoms with Crippen LogP contribution in [0.2, 0.25) is 0 Å². The molecular formula is C21H16F4N2O4. The number of hydrogen-bond acceptors (Lipinski definition) is 5. The molecule has 2 aromatic carbocycles. The Morgan fingerprint density at radius 1 is 1.23 bits per heavy atom. The zero-order valence-electron chi connectivity index (χ0n) is 16.1. The number of aromatic nitrogens is 1. The number of aromatic hydroxyl groups is 1. The number of ether oxygens (including phenoxy) is 1. The molecule has 1 aliphatic heterocycles. The molecule has 0 bridgehead atoms. The molecule has 0 radical (unpaired) electrons. The number of carbonyl (C=O) groups excluding carboxylic acids is 1. The number of nitrogens with zero attached hydrogens (tertiary/aromatic N) is 1. The Morgan fingerprint density at radius 2 is 1.90 bits per heavy atom. The summed E-state index contributed by atoms with van der Waals surface area (Å²) in [6.07, 6.45) is -4.51. The highest BCUT2D eigenvalue weighted by Crippen LogP contribution is 2.39. The second-order valence-electron chi connectivity index (χ2n) is 7.00. The minimum atomic E-state index is -4.51. The van der Waals surface area contributed by atoms with Crippen LogP contribution < -0.4 is 10.9 Å². The van der Waals surface area contributed by atoms with E-state index in [1.54, 1.807) is 0 Å². The maximum Gasteiger partial charge on any atom is 0.416 e. The summed E-state index contributed by atoms with van der Waals surface area (Å²) in [4.78, 5) is 25.3. The van der Waals surface area contributed by atoms with E-state index in [-0.39, 0.29) is 29.7 Å². The standard InChI is InChI=1S/C21H16F4N2O4/c1-2-31-20(30)15-18(28)12-7-8-13(22)16-17(12)27(19(15)29)9-14(26-16)10-3-5-11(6-4-10)21(23,24)25/h3-8,14,26,28H,2,9H2,1H3. The summed E-state index contributed by atoms with van der Waals surface area (Å²) in [5.41, 5.74) is -1.97. The SMILES string of the molecule is CCOC(=O)c1c(O)c2ccc(F)c3c2n(c1=O)CC(c1ccc(C(F)(F)F)cc1)N3. The number of rotatable bonds is 3. The average Bonchev–Trinajstić information content (AvgIpc) is 2.72. The lowest BCUT2D eigenvalue weighted by Crippen LogP contribution is -2.35. The quantitative estimate of drug-likeness (QED) is 0.475. The molecule has 162 valence electrons. The zero-order valence-corrected chi connectivity index (χ0v) is 16.1. The molecule has 1 aliphatic rings. The Balaban J connectivity index is 1.87. The van der Waals surface area contributed by atoms with Gasteiger partial charge in [0.25, 0.3) is 5.56 Å². The summed E-state index contributed by atoms with van der Waals surface area (Å²) < 4.78 is 59.1. The highest BCUT2D eigenvalue weighted by molar-refractivity contribution is 6.03. The number of nitrogens with one attached hydrogen (secondary N) is 1. The van der Waals surface area contributed by atoms with Crippen molar-refractivity contribution in [2.24, 2.45) is 0 Å². The Morgan fingerprint density at radius 3 is 2.52 bits per heavy atom. The molecule has 31 heavy (non-hydrogen) atoms. The van der Waals surface area contributed by atoms with Crippen molar-refractivity contribution >= 4 is 22.6 Å². The Bertz CT molecular complexity index is 1250. The molecule has 0 fully saturated rings. The van der Waals surface area contributed by atoms with Gasteiger partial charge in [-0.25, -0.2) is 9.18 Å². The van der Waals surface area contributed by atoms with Crippen molar-refractivity contribution in [2.75, 3.05) is 11.9 Å². The summed E-state index contributed by atoms with van der Waals surface area (Å²) in [7, 11) is 0. The van der Waals surface area contributed by atoms with E-state index < -0.39 is 46.4 Å². The van der Waals surface area contributed by atoms with Gasteiger partial charge in [-0.2, -0.15) is 13.2 Å². The van der Waals surface area contributed by atoms with Gasteiger partial charge in [0, 0.05) is 5.39 Å². The van der Waals surface area contributed by atoms with Gasteiger partial charge in [-0.3, -0.25) is 4.79 Å². The van der Waals surface area contributed by atoms with Gasteiger partial charge in [0.05, 0.1) is 36.0 Å². The summed E-state index contributed by atoms with van der Waals surface area (Å²) in [6.45, 7) is 1.40. The number of halogens is 4. The molecule has 0 amide bonds. The molecule has 0 aliphatic carbocycles. The molecule has 6 nitrogen and oxygen atoms in total. The smallest absolute Gasteiger partial charge is 0.416 e. The molecular weight excluding hydrogens is 420 g/mol. The van der Waals surface area contributed by atoms with Gasteiger partial charge in [0.15, 0.2) is 5.56 Å². The van der Waals surface area contributed by atoms with Crippen LogP contribution in [0.25, 0.3) is 10.9 Å². The van der Waals surface area contributed by atoms with Crippen LogP contribution in [-0.4, -0.2) is 22.2 Å². The normalized spacial score (nSPS) is 15.6. The van der Waals surface area contributed by atoms with Crippen LogP contribution in [0.3, 0.4) is 0 Å². The largest absolute Gasteiger partial charge is 0.506 e. The Hall–Kier alpha value is -3.56. The first-order valence-electron chi connectivity index (χ1n) is 9.32. The van der Waals surface area contributed by atoms with Crippen molar-refractivity contribution in [3.63, 3.8) is 0 Å². The van der Waals surface area contributed by atoms with Crippen LogP contribution in [0.1, 0.15) is 34.5 Å². The van der Waals surface area contributed by atoms with Crippen LogP contribution in [0.4, 0.5) is 23.2 Å². The van der Waals surface area contributed by atoms with E-state index in [9.17, 15) is 32.3 Å². The first-order valence-corrected chi connectivity index (χ1v) is 9.32. The molecule has 1 aromatic heterocycles. The van der Waals surface area contributed by atoms with Crippen molar-refractivity contribution in [1.29, 1.82) is 0 Å². The monoisotopic (exact) mass is 436 g/mol. The van der Waals surface area contributed by atoms with Crippen molar-refractivity contribution in [3.05, 3.63) is 69.3 Å². The highest BCUT2D eigenvalue weighted by atomic mass is 19.4. The number of pyridine rings is 1. The molecule has 10 heteroatoms. The van der Waals surface area contributed by atoms with Gasteiger partial charge in [0.2, 0.25) is 0 Å². The van der Waals surface area contributed by atoms with E-state index >= 15 is 0 Å². The zero-order chi connectivity index (χ0) is 22.5. The fourth-order valence-electron chi connectivity index (χ4n) is 3.70. The predicted molar refractivity (Wildman–Crippen MR) is 104 cm³/mol. The maximum atomic E-state index is 14.6. The van der Waals surface area contributed by atoms with Crippen molar-refractivity contribution in [2.45, 2.75) is 25.7 Å². The third-order valence-electron chi connectivity index (χ3n) is 5.15. The molecule has 1 atom stereocenters. The first-order chi connectivity index (χ1) is 14.6. The topological polar surface area (TPSA) is 80.6 Å². The van der Waals surface area contributed by atoms with E-state index in [4.69, 9.17) is 4.74 Å². The van der Waals surface area contributed by atoms with E-state index in [1.165, 1.54) is 25.1 Å². The van der Waals surface area contributed by atoms with Gasteiger partial charge >= 0.3 is 12.1 Å². The second-order valence-corrected chi connectivity index (χ2v) is 7.00. The summed E-state index contributed by atoms with van der Waals surface area (Å²) in [5, 5.41) is 13.5. The molecule has 0 spiro atoms. The fourth-order valence-corrected chi connectivity index (χ4v) is 3.70. The van der Waals surface area contributed by atoms with E-state index in [0.29, 0.717) is 5.56 Å². The number of esters is 1. The summed E-state index contributed by atoms with van der Waals surface area (Å²) >= 11 is 0. The lowest BCUT2D eigenvalue weighted by atomic mass is 9.99. The summed E-state index contributed by atoms with van der Waals surface area (Å²) in [5.74, 6) is -2.36. The number of hydrogen-bond donors (Lipinski definition) is 2. The molecule has 0 saturated heterocycles. The first kappa shape index (κ1) is 20.7. The molecule has 1 unspecified atom stereocenters. The third-order valence-corrected chi connectivity index (χ3v) is 5.15. The van der Waals surface area contributed by atoms with E-state index in [1.807, 2.05) is 0 Å². The van der Waals surface area contributed by atoms with Gasteiger partial charge in [-0.05, 0) is 36.8 Å². The summed E-state index contributed by atoms with van der Waals surface area (Å²) in [6, 6.07) is 5.81. The average molecular weight is 436 g/mol. The Labute approximate surface area is 172 Å². The molecule has 3 aromatic rings. The predicted octanol–water partition coefficient (Wildman–Crippen LogP) is 4.21. The van der Waals surface area contributed by atoms with Crippen molar-refractivity contribution in [3.8, 4) is 5.75 Å². The lowest BCUT2D eigenvalue weighted by Gasteiger charge is -2.30. The van der Waals surface area contributed by atoms with Gasteiger partial charge in [-0.1, -0.05) is 12.1 Å². The minimum absolute atomic E-state index is 0.0276. The van der Waals surface area contributed by atoms with Crippen LogP contribution >= 0.6 is 0 Å². The van der Waals surface area contributed by atoms with Crippen LogP contribution in [0.15, 0.2) is 41.2 Å². The number of carbonyl (C=O) groups is 1. The maximum absolute atomic E-state index is 14.6. The van der Waals surface area contributed by atoms with Crippen LogP contribution in [0.5, 0.6) is 5.75 Å². The molecule has 0 saturated carbocycles. The lowest BCUT2D eigenvalue weighted by molar-refractivity contribution is -0.137. The molecule has 4 rings (SSSR count). The van der Waals surface area contributed by atoms with E-state index in [2.05, 4.69) is 5.32 Å². The number of alkyl halides is 3. The highest BCUT2D eigenvalue weighted by Gasteiger charge is 2.32. The third kappa shape index (κ3) is 3.37. The van der Waals surface area contributed by atoms with E-state index in [0.717, 1.165) is 22.8 Å². The van der Waals surface area contributed by atoms with Crippen molar-refractivity contribution < 1.29 is 32.2 Å². The fraction of sp³-hybridized carbons (Fsp3) is 0.238. The van der Waals surface area contributed by atoms with Gasteiger partial charge < -0.3 is 19.7 Å².